The third-order valence-corrected chi connectivity index (χ3v) is 5.84. The van der Waals surface area contributed by atoms with Crippen molar-refractivity contribution in [1.29, 1.82) is 0 Å². The molecule has 1 heterocycles. The molecule has 0 unspecified atom stereocenters. The maximum absolute atomic E-state index is 13.0. The minimum absolute atomic E-state index is 0.0293. The number of hydrogen-bond donors (Lipinski definition) is 0. The van der Waals surface area contributed by atoms with E-state index in [-0.39, 0.29) is 5.91 Å². The number of hydrogen-bond acceptors (Lipinski definition) is 4. The minimum Gasteiger partial charge on any atom is -0.496 e. The Kier molecular flexibility index (Phi) is 6.86. The summed E-state index contributed by atoms with van der Waals surface area (Å²) in [7, 11) is 1.62. The maximum atomic E-state index is 13.0. The van der Waals surface area contributed by atoms with Crippen LogP contribution in [0, 0.1) is 5.92 Å². The molecule has 3 rings (SSSR count). The molecule has 0 aromatic heterocycles. The molecule has 4 nitrogen and oxygen atoms in total. The minimum atomic E-state index is -0.0293. The smallest absolute Gasteiger partial charge is 0.266 e. The van der Waals surface area contributed by atoms with Crippen molar-refractivity contribution < 1.29 is 9.53 Å². The predicted octanol–water partition coefficient (Wildman–Crippen LogP) is 6.37. The van der Waals surface area contributed by atoms with E-state index >= 15 is 0 Å². The third-order valence-electron chi connectivity index (χ3n) is 3.96. The highest BCUT2D eigenvalue weighted by Crippen LogP contribution is 2.36. The highest BCUT2D eigenvalue weighted by atomic mass is 79.9. The first kappa shape index (κ1) is 21.0. The van der Waals surface area contributed by atoms with Gasteiger partial charge in [-0.25, -0.2) is 4.99 Å². The van der Waals surface area contributed by atoms with Gasteiger partial charge in [0.2, 0.25) is 0 Å². The van der Waals surface area contributed by atoms with Crippen LogP contribution in [0.5, 0.6) is 5.75 Å². The molecule has 0 radical (unpaired) electrons. The Bertz CT molecular complexity index is 942. The molecule has 1 saturated heterocycles. The van der Waals surface area contributed by atoms with E-state index in [2.05, 4.69) is 34.8 Å². The molecule has 0 aliphatic carbocycles. The van der Waals surface area contributed by atoms with Gasteiger partial charge in [0.15, 0.2) is 5.17 Å². The SMILES string of the molecule is COc1ccc(/C=C2\SC(=Nc3ccc(Cl)cc3)N(CC(C)C)C2=O)cc1Br. The summed E-state index contributed by atoms with van der Waals surface area (Å²) in [5.74, 6) is 1.05. The molecular weight excluding hydrogens is 460 g/mol. The number of methoxy groups -OCH3 is 1. The summed E-state index contributed by atoms with van der Waals surface area (Å²) in [5, 5.41) is 1.34. The van der Waals surface area contributed by atoms with Gasteiger partial charge in [-0.3, -0.25) is 9.69 Å². The number of aliphatic imine (C=N–C) groups is 1. The standard InChI is InChI=1S/C21H20BrClN2O2S/c1-13(2)12-25-20(26)19(11-14-4-9-18(27-3)17(22)10-14)28-21(25)24-16-7-5-15(23)6-8-16/h4-11,13H,12H2,1-3H3/b19-11-,24-21?. The molecule has 7 heteroatoms. The van der Waals surface area contributed by atoms with Gasteiger partial charge in [0.05, 0.1) is 22.2 Å². The lowest BCUT2D eigenvalue weighted by molar-refractivity contribution is -0.122. The van der Waals surface area contributed by atoms with Gasteiger partial charge >= 0.3 is 0 Å². The average Bonchev–Trinajstić information content (AvgIpc) is 2.92. The van der Waals surface area contributed by atoms with Gasteiger partial charge in [-0.1, -0.05) is 31.5 Å². The van der Waals surface area contributed by atoms with E-state index < -0.39 is 0 Å². The highest BCUT2D eigenvalue weighted by Gasteiger charge is 2.33. The zero-order valence-electron chi connectivity index (χ0n) is 15.8. The Morgan fingerprint density at radius 2 is 1.96 bits per heavy atom. The molecule has 0 spiro atoms. The van der Waals surface area contributed by atoms with E-state index in [1.54, 1.807) is 24.1 Å². The molecule has 0 atom stereocenters. The van der Waals surface area contributed by atoms with Crippen LogP contribution in [-0.2, 0) is 4.79 Å². The summed E-state index contributed by atoms with van der Waals surface area (Å²) >= 11 is 10.8. The van der Waals surface area contributed by atoms with Crippen LogP contribution in [0.1, 0.15) is 19.4 Å². The molecule has 1 aliphatic rings. The highest BCUT2D eigenvalue weighted by molar-refractivity contribution is 9.10. The summed E-state index contributed by atoms with van der Waals surface area (Å²) in [5.41, 5.74) is 1.68. The van der Waals surface area contributed by atoms with Gasteiger partial charge in [-0.2, -0.15) is 0 Å². The lowest BCUT2D eigenvalue weighted by atomic mass is 10.2. The maximum Gasteiger partial charge on any atom is 0.266 e. The number of carbonyl (C=O) groups is 1. The lowest BCUT2D eigenvalue weighted by Crippen LogP contribution is -2.32. The Morgan fingerprint density at radius 3 is 2.57 bits per heavy atom. The van der Waals surface area contributed by atoms with E-state index in [0.717, 1.165) is 21.5 Å². The largest absolute Gasteiger partial charge is 0.496 e. The summed E-state index contributed by atoms with van der Waals surface area (Å²) < 4.78 is 6.11. The van der Waals surface area contributed by atoms with Crippen molar-refractivity contribution in [2.75, 3.05) is 13.7 Å². The van der Waals surface area contributed by atoms with Crippen molar-refractivity contribution in [3.63, 3.8) is 0 Å². The van der Waals surface area contributed by atoms with Crippen molar-refractivity contribution in [3.05, 3.63) is 62.4 Å². The zero-order valence-corrected chi connectivity index (χ0v) is 18.9. The molecule has 28 heavy (non-hydrogen) atoms. The summed E-state index contributed by atoms with van der Waals surface area (Å²) in [6.45, 7) is 4.78. The second-order valence-corrected chi connectivity index (χ2v) is 8.98. The molecule has 1 fully saturated rings. The van der Waals surface area contributed by atoms with Crippen molar-refractivity contribution in [2.24, 2.45) is 10.9 Å². The molecule has 0 N–H and O–H groups in total. The van der Waals surface area contributed by atoms with Gasteiger partial charge in [0, 0.05) is 11.6 Å². The Labute approximate surface area is 182 Å². The molecular formula is C21H20BrClN2O2S. The number of rotatable bonds is 5. The first-order valence-electron chi connectivity index (χ1n) is 8.76. The second kappa shape index (κ2) is 9.16. The summed E-state index contributed by atoms with van der Waals surface area (Å²) in [6.07, 6.45) is 1.88. The Hall–Kier alpha value is -1.76. The number of amidine groups is 1. The molecule has 2 aromatic carbocycles. The lowest BCUT2D eigenvalue weighted by Gasteiger charge is -2.17. The van der Waals surface area contributed by atoms with Crippen LogP contribution in [-0.4, -0.2) is 29.6 Å². The van der Waals surface area contributed by atoms with Crippen LogP contribution in [0.25, 0.3) is 6.08 Å². The predicted molar refractivity (Wildman–Crippen MR) is 121 cm³/mol. The van der Waals surface area contributed by atoms with Crippen LogP contribution >= 0.6 is 39.3 Å². The fraction of sp³-hybridized carbons (Fsp3) is 0.238. The number of thioether (sulfide) groups is 1. The first-order valence-corrected chi connectivity index (χ1v) is 10.8. The fourth-order valence-corrected chi connectivity index (χ4v) is 4.36. The number of ether oxygens (including phenoxy) is 1. The number of nitrogens with zero attached hydrogens (tertiary/aromatic N) is 2. The van der Waals surface area contributed by atoms with E-state index in [1.165, 1.54) is 11.8 Å². The van der Waals surface area contributed by atoms with Crippen LogP contribution < -0.4 is 4.74 Å². The summed E-state index contributed by atoms with van der Waals surface area (Å²) in [4.78, 5) is 20.1. The molecule has 0 saturated carbocycles. The van der Waals surface area contributed by atoms with E-state index in [9.17, 15) is 4.79 Å². The number of carbonyl (C=O) groups excluding carboxylic acids is 1. The van der Waals surface area contributed by atoms with Crippen LogP contribution in [0.4, 0.5) is 5.69 Å². The number of benzene rings is 2. The van der Waals surface area contributed by atoms with Crippen molar-refractivity contribution in [1.82, 2.24) is 4.90 Å². The van der Waals surface area contributed by atoms with Crippen molar-refractivity contribution >= 4 is 62.1 Å². The van der Waals surface area contributed by atoms with E-state index in [4.69, 9.17) is 16.3 Å². The fourth-order valence-electron chi connectivity index (χ4n) is 2.67. The van der Waals surface area contributed by atoms with Crippen LogP contribution in [0.3, 0.4) is 0 Å². The Balaban J connectivity index is 1.94. The molecule has 1 amide bonds. The van der Waals surface area contributed by atoms with Gasteiger partial charge in [0.1, 0.15) is 5.75 Å². The third kappa shape index (κ3) is 4.99. The topological polar surface area (TPSA) is 41.9 Å². The normalized spacial score (nSPS) is 17.2. The number of halogens is 2. The quantitative estimate of drug-likeness (QED) is 0.468. The van der Waals surface area contributed by atoms with E-state index in [1.807, 2.05) is 36.4 Å². The van der Waals surface area contributed by atoms with E-state index in [0.29, 0.717) is 27.6 Å². The van der Waals surface area contributed by atoms with Gasteiger partial charge in [0.25, 0.3) is 5.91 Å². The van der Waals surface area contributed by atoms with Crippen molar-refractivity contribution in [3.8, 4) is 5.75 Å². The summed E-state index contributed by atoms with van der Waals surface area (Å²) in [6, 6.07) is 13.0. The van der Waals surface area contributed by atoms with Crippen molar-refractivity contribution in [2.45, 2.75) is 13.8 Å². The van der Waals surface area contributed by atoms with Crippen LogP contribution in [0.15, 0.2) is 56.8 Å². The van der Waals surface area contributed by atoms with Gasteiger partial charge < -0.3 is 4.74 Å². The monoisotopic (exact) mass is 478 g/mol. The molecule has 1 aliphatic heterocycles. The Morgan fingerprint density at radius 1 is 1.25 bits per heavy atom. The molecule has 2 aromatic rings. The first-order chi connectivity index (χ1) is 13.4. The molecule has 146 valence electrons. The van der Waals surface area contributed by atoms with Gasteiger partial charge in [-0.15, -0.1) is 0 Å². The second-order valence-electron chi connectivity index (χ2n) is 6.69. The molecule has 0 bridgehead atoms. The zero-order chi connectivity index (χ0) is 20.3. The average molecular weight is 480 g/mol. The number of amides is 1. The van der Waals surface area contributed by atoms with Gasteiger partial charge in [-0.05, 0) is 81.6 Å². The van der Waals surface area contributed by atoms with Crippen LogP contribution in [0.2, 0.25) is 5.02 Å².